The number of rotatable bonds is 9. The second kappa shape index (κ2) is 11.1. The molecular weight excluding hydrogens is 352 g/mol. The molecule has 2 atom stereocenters. The molecule has 0 bridgehead atoms. The van der Waals surface area contributed by atoms with Gasteiger partial charge in [0.25, 0.3) is 0 Å². The van der Waals surface area contributed by atoms with Crippen LogP contribution in [-0.4, -0.2) is 43.7 Å². The van der Waals surface area contributed by atoms with Gasteiger partial charge in [-0.3, -0.25) is 0 Å². The second-order valence-corrected chi connectivity index (χ2v) is 7.32. The number of nitrogens with zero attached hydrogens (tertiary/aromatic N) is 1. The zero-order valence-electron chi connectivity index (χ0n) is 16.2. The van der Waals surface area contributed by atoms with Crippen LogP contribution >= 0.6 is 0 Å². The lowest BCUT2D eigenvalue weighted by Crippen LogP contribution is -2.38. The zero-order chi connectivity index (χ0) is 19.6. The lowest BCUT2D eigenvalue weighted by Gasteiger charge is -2.30. The van der Waals surface area contributed by atoms with Crippen LogP contribution in [0.25, 0.3) is 0 Å². The fourth-order valence-corrected chi connectivity index (χ4v) is 3.42. The third kappa shape index (κ3) is 8.12. The van der Waals surface area contributed by atoms with Crippen molar-refractivity contribution in [1.29, 1.82) is 0 Å². The van der Waals surface area contributed by atoms with Crippen LogP contribution in [0.2, 0.25) is 0 Å². The number of amides is 2. The molecule has 1 aliphatic heterocycles. The molecule has 0 saturated carbocycles. The molecule has 1 aromatic carbocycles. The standard InChI is InChI=1S/C20H31F2N3O2/c1-15-6-5-13-25(14-15)12-4-3-11-23-20(26)24-16(2)17-7-9-18(10-8-17)27-19(21)22/h7-10,15-16,19H,3-6,11-14H2,1-2H3,(H2,23,24,26). The van der Waals surface area contributed by atoms with Crippen molar-refractivity contribution >= 4 is 6.03 Å². The molecule has 2 rings (SSSR count). The molecule has 2 N–H and O–H groups in total. The lowest BCUT2D eigenvalue weighted by molar-refractivity contribution is -0.0498. The molecule has 1 saturated heterocycles. The Bertz CT molecular complexity index is 569. The Hall–Kier alpha value is -1.89. The largest absolute Gasteiger partial charge is 0.435 e. The average molecular weight is 383 g/mol. The van der Waals surface area contributed by atoms with Crippen molar-refractivity contribution in [2.24, 2.45) is 5.92 Å². The Balaban J connectivity index is 1.60. The smallest absolute Gasteiger partial charge is 0.387 e. The van der Waals surface area contributed by atoms with E-state index >= 15 is 0 Å². The molecule has 27 heavy (non-hydrogen) atoms. The fourth-order valence-electron chi connectivity index (χ4n) is 3.42. The summed E-state index contributed by atoms with van der Waals surface area (Å²) in [5.41, 5.74) is 0.825. The SMILES string of the molecule is CC1CCCN(CCCCNC(=O)NC(C)c2ccc(OC(F)F)cc2)C1. The van der Waals surface area contributed by atoms with E-state index in [1.54, 1.807) is 12.1 Å². The number of benzene rings is 1. The molecule has 1 heterocycles. The number of piperidine rings is 1. The monoisotopic (exact) mass is 383 g/mol. The van der Waals surface area contributed by atoms with Gasteiger partial charge in [0.1, 0.15) is 5.75 Å². The van der Waals surface area contributed by atoms with E-state index in [1.165, 1.54) is 38.1 Å². The first-order valence-corrected chi connectivity index (χ1v) is 9.75. The topological polar surface area (TPSA) is 53.6 Å². The molecule has 0 spiro atoms. The highest BCUT2D eigenvalue weighted by molar-refractivity contribution is 5.74. The highest BCUT2D eigenvalue weighted by atomic mass is 19.3. The summed E-state index contributed by atoms with van der Waals surface area (Å²) in [7, 11) is 0. The van der Waals surface area contributed by atoms with Gasteiger partial charge in [0.15, 0.2) is 0 Å². The Labute approximate surface area is 160 Å². The molecule has 0 radical (unpaired) electrons. The van der Waals surface area contributed by atoms with Crippen molar-refractivity contribution in [1.82, 2.24) is 15.5 Å². The maximum absolute atomic E-state index is 12.2. The fraction of sp³-hybridized carbons (Fsp3) is 0.650. The van der Waals surface area contributed by atoms with E-state index < -0.39 is 6.61 Å². The summed E-state index contributed by atoms with van der Waals surface area (Å²) in [6, 6.07) is 5.84. The summed E-state index contributed by atoms with van der Waals surface area (Å²) in [5, 5.41) is 5.73. The average Bonchev–Trinajstić information content (AvgIpc) is 2.61. The number of carbonyl (C=O) groups is 1. The van der Waals surface area contributed by atoms with Crippen molar-refractivity contribution in [3.63, 3.8) is 0 Å². The molecule has 0 aromatic heterocycles. The minimum atomic E-state index is -2.84. The van der Waals surface area contributed by atoms with E-state index in [-0.39, 0.29) is 17.8 Å². The van der Waals surface area contributed by atoms with Gasteiger partial charge in [-0.1, -0.05) is 19.1 Å². The quantitative estimate of drug-likeness (QED) is 0.630. The van der Waals surface area contributed by atoms with E-state index in [2.05, 4.69) is 27.2 Å². The number of hydrogen-bond acceptors (Lipinski definition) is 3. The Kier molecular flexibility index (Phi) is 8.78. The summed E-state index contributed by atoms with van der Waals surface area (Å²) in [6.07, 6.45) is 4.65. The summed E-state index contributed by atoms with van der Waals surface area (Å²) >= 11 is 0. The molecule has 2 amide bonds. The van der Waals surface area contributed by atoms with Gasteiger partial charge in [0.05, 0.1) is 6.04 Å². The third-order valence-electron chi connectivity index (χ3n) is 4.88. The number of nitrogens with one attached hydrogen (secondary N) is 2. The Morgan fingerprint density at radius 3 is 2.70 bits per heavy atom. The van der Waals surface area contributed by atoms with Gasteiger partial charge in [-0.15, -0.1) is 0 Å². The Morgan fingerprint density at radius 1 is 1.30 bits per heavy atom. The van der Waals surface area contributed by atoms with Crippen LogP contribution in [0.4, 0.5) is 13.6 Å². The minimum absolute atomic E-state index is 0.105. The van der Waals surface area contributed by atoms with Crippen LogP contribution in [0.15, 0.2) is 24.3 Å². The zero-order valence-corrected chi connectivity index (χ0v) is 16.2. The summed E-state index contributed by atoms with van der Waals surface area (Å²) in [5.74, 6) is 0.897. The number of urea groups is 1. The van der Waals surface area contributed by atoms with Gasteiger partial charge in [0.2, 0.25) is 0 Å². The summed E-state index contributed by atoms with van der Waals surface area (Å²) in [4.78, 5) is 14.5. The molecule has 152 valence electrons. The van der Waals surface area contributed by atoms with Gasteiger partial charge in [0, 0.05) is 13.1 Å². The van der Waals surface area contributed by atoms with Crippen molar-refractivity contribution in [3.8, 4) is 5.75 Å². The van der Waals surface area contributed by atoms with Gasteiger partial charge >= 0.3 is 12.6 Å². The van der Waals surface area contributed by atoms with Crippen molar-refractivity contribution in [2.75, 3.05) is 26.2 Å². The van der Waals surface area contributed by atoms with E-state index in [4.69, 9.17) is 0 Å². The van der Waals surface area contributed by atoms with Crippen LogP contribution in [-0.2, 0) is 0 Å². The predicted molar refractivity (Wildman–Crippen MR) is 102 cm³/mol. The van der Waals surface area contributed by atoms with Gasteiger partial charge in [-0.25, -0.2) is 4.79 Å². The van der Waals surface area contributed by atoms with E-state index in [9.17, 15) is 13.6 Å². The van der Waals surface area contributed by atoms with Crippen LogP contribution in [0.1, 0.15) is 51.1 Å². The lowest BCUT2D eigenvalue weighted by atomic mass is 10.0. The first-order chi connectivity index (χ1) is 12.9. The first kappa shape index (κ1) is 21.4. The molecule has 1 aliphatic rings. The van der Waals surface area contributed by atoms with Crippen molar-refractivity contribution in [3.05, 3.63) is 29.8 Å². The van der Waals surface area contributed by atoms with E-state index in [0.29, 0.717) is 6.54 Å². The maximum atomic E-state index is 12.2. The summed E-state index contributed by atoms with van der Waals surface area (Å²) < 4.78 is 28.6. The first-order valence-electron chi connectivity index (χ1n) is 9.75. The molecule has 2 unspecified atom stereocenters. The van der Waals surface area contributed by atoms with E-state index in [1.807, 2.05) is 6.92 Å². The number of likely N-dealkylation sites (tertiary alicyclic amines) is 1. The van der Waals surface area contributed by atoms with Gasteiger partial charge in [-0.05, 0) is 69.3 Å². The second-order valence-electron chi connectivity index (χ2n) is 7.32. The van der Waals surface area contributed by atoms with Crippen molar-refractivity contribution < 1.29 is 18.3 Å². The highest BCUT2D eigenvalue weighted by Crippen LogP contribution is 2.19. The predicted octanol–water partition coefficient (Wildman–Crippen LogP) is 4.16. The number of ether oxygens (including phenoxy) is 1. The number of alkyl halides is 2. The summed E-state index contributed by atoms with van der Waals surface area (Å²) in [6.45, 7) is 5.43. The van der Waals surface area contributed by atoms with Crippen molar-refractivity contribution in [2.45, 2.75) is 52.2 Å². The highest BCUT2D eigenvalue weighted by Gasteiger charge is 2.15. The van der Waals surface area contributed by atoms with Crippen LogP contribution in [0, 0.1) is 5.92 Å². The van der Waals surface area contributed by atoms with Gasteiger partial charge in [-0.2, -0.15) is 8.78 Å². The number of carbonyl (C=O) groups excluding carboxylic acids is 1. The molecular formula is C20H31F2N3O2. The Morgan fingerprint density at radius 2 is 2.04 bits per heavy atom. The molecule has 7 heteroatoms. The van der Waals surface area contributed by atoms with Gasteiger partial charge < -0.3 is 20.3 Å². The van der Waals surface area contributed by atoms with Crippen LogP contribution in [0.3, 0.4) is 0 Å². The number of halogens is 2. The third-order valence-corrected chi connectivity index (χ3v) is 4.88. The number of hydrogen-bond donors (Lipinski definition) is 2. The molecule has 0 aliphatic carbocycles. The van der Waals surface area contributed by atoms with E-state index in [0.717, 1.165) is 30.9 Å². The number of unbranched alkanes of at least 4 members (excludes halogenated alkanes) is 1. The molecule has 5 nitrogen and oxygen atoms in total. The minimum Gasteiger partial charge on any atom is -0.435 e. The molecule has 1 aromatic rings. The van der Waals surface area contributed by atoms with Crippen LogP contribution in [0.5, 0.6) is 5.75 Å². The normalized spacial score (nSPS) is 18.9. The van der Waals surface area contributed by atoms with Crippen LogP contribution < -0.4 is 15.4 Å². The maximum Gasteiger partial charge on any atom is 0.387 e. The molecule has 1 fully saturated rings.